The summed E-state index contributed by atoms with van der Waals surface area (Å²) >= 11 is 5.75. The highest BCUT2D eigenvalue weighted by atomic mass is 35.5. The number of ether oxygens (including phenoxy) is 1. The first kappa shape index (κ1) is 10.8. The number of carbonyl (C=O) groups is 1. The molecule has 2 rings (SSSR count). The van der Waals surface area contributed by atoms with Crippen LogP contribution in [0.2, 0.25) is 5.02 Å². The van der Waals surface area contributed by atoms with Gasteiger partial charge in [0.25, 0.3) is 0 Å². The molecule has 0 radical (unpaired) electrons. The fourth-order valence-corrected chi connectivity index (χ4v) is 1.61. The van der Waals surface area contributed by atoms with Gasteiger partial charge in [-0.2, -0.15) is 0 Å². The van der Waals surface area contributed by atoms with E-state index >= 15 is 0 Å². The molecule has 0 atom stereocenters. The number of nitrogens with zero attached hydrogens (tertiary/aromatic N) is 1. The Kier molecular flexibility index (Phi) is 2.70. The van der Waals surface area contributed by atoms with Crippen molar-refractivity contribution in [2.45, 2.75) is 6.92 Å². The second kappa shape index (κ2) is 4.02. The number of nitrogens with one attached hydrogen (secondary N) is 1. The molecule has 2 aromatic rings. The summed E-state index contributed by atoms with van der Waals surface area (Å²) in [5.41, 5.74) is -0.108. The highest BCUT2D eigenvalue weighted by Gasteiger charge is 2.14. The SMILES string of the molecule is CCOC(=O)c1c[nH]n2cc(Cl)cc2c1=O. The predicted octanol–water partition coefficient (Wildman–Crippen LogP) is 1.46. The summed E-state index contributed by atoms with van der Waals surface area (Å²) in [6.07, 6.45) is 2.86. The molecule has 0 aliphatic rings. The molecule has 0 aliphatic heterocycles. The average molecular weight is 241 g/mol. The van der Waals surface area contributed by atoms with Gasteiger partial charge in [0, 0.05) is 12.4 Å². The number of aromatic amines is 1. The zero-order chi connectivity index (χ0) is 11.7. The van der Waals surface area contributed by atoms with Crippen LogP contribution in [0.15, 0.2) is 23.3 Å². The lowest BCUT2D eigenvalue weighted by atomic mass is 10.3. The number of hydrogen-bond donors (Lipinski definition) is 1. The lowest BCUT2D eigenvalue weighted by Crippen LogP contribution is -2.19. The molecular weight excluding hydrogens is 232 g/mol. The Morgan fingerprint density at radius 3 is 3.06 bits per heavy atom. The molecule has 0 spiro atoms. The molecule has 0 aliphatic carbocycles. The summed E-state index contributed by atoms with van der Waals surface area (Å²) in [6, 6.07) is 1.49. The van der Waals surface area contributed by atoms with Crippen LogP contribution < -0.4 is 5.43 Å². The molecule has 16 heavy (non-hydrogen) atoms. The van der Waals surface area contributed by atoms with Crippen LogP contribution in [-0.2, 0) is 4.74 Å². The van der Waals surface area contributed by atoms with E-state index in [9.17, 15) is 9.59 Å². The van der Waals surface area contributed by atoms with Gasteiger partial charge in [-0.05, 0) is 13.0 Å². The van der Waals surface area contributed by atoms with E-state index in [1.54, 1.807) is 13.1 Å². The van der Waals surface area contributed by atoms with Crippen molar-refractivity contribution in [2.75, 3.05) is 6.61 Å². The minimum absolute atomic E-state index is 0.0240. The Hall–Kier alpha value is -1.75. The summed E-state index contributed by atoms with van der Waals surface area (Å²) in [4.78, 5) is 23.3. The Bertz CT molecular complexity index is 600. The number of carbonyl (C=O) groups excluding carboxylic acids is 1. The lowest BCUT2D eigenvalue weighted by molar-refractivity contribution is 0.0524. The van der Waals surface area contributed by atoms with Gasteiger partial charge in [0.1, 0.15) is 11.1 Å². The Morgan fingerprint density at radius 2 is 2.38 bits per heavy atom. The van der Waals surface area contributed by atoms with Gasteiger partial charge in [-0.25, -0.2) is 4.79 Å². The number of fused-ring (bicyclic) bond motifs is 1. The van der Waals surface area contributed by atoms with Crippen LogP contribution >= 0.6 is 11.6 Å². The van der Waals surface area contributed by atoms with Gasteiger partial charge in [0.15, 0.2) is 0 Å². The molecule has 2 aromatic heterocycles. The zero-order valence-electron chi connectivity index (χ0n) is 8.49. The summed E-state index contributed by atoms with van der Waals surface area (Å²) < 4.78 is 6.22. The normalized spacial score (nSPS) is 10.6. The van der Waals surface area contributed by atoms with E-state index in [0.717, 1.165) is 0 Å². The molecule has 0 saturated carbocycles. The summed E-state index contributed by atoms with van der Waals surface area (Å²) in [7, 11) is 0. The van der Waals surface area contributed by atoms with Crippen LogP contribution in [0.1, 0.15) is 17.3 Å². The number of aromatic nitrogens is 2. The van der Waals surface area contributed by atoms with E-state index in [2.05, 4.69) is 5.10 Å². The third-order valence-corrected chi connectivity index (χ3v) is 2.31. The van der Waals surface area contributed by atoms with Crippen molar-refractivity contribution in [3.8, 4) is 0 Å². The largest absolute Gasteiger partial charge is 0.462 e. The molecule has 2 heterocycles. The molecule has 5 nitrogen and oxygen atoms in total. The zero-order valence-corrected chi connectivity index (χ0v) is 9.25. The molecule has 0 bridgehead atoms. The van der Waals surface area contributed by atoms with E-state index in [1.165, 1.54) is 16.8 Å². The van der Waals surface area contributed by atoms with Gasteiger partial charge in [-0.1, -0.05) is 11.6 Å². The van der Waals surface area contributed by atoms with Gasteiger partial charge in [0.2, 0.25) is 5.43 Å². The Balaban J connectivity index is 2.60. The first-order valence-corrected chi connectivity index (χ1v) is 5.07. The highest BCUT2D eigenvalue weighted by molar-refractivity contribution is 6.31. The van der Waals surface area contributed by atoms with Gasteiger partial charge in [-0.3, -0.25) is 9.31 Å². The van der Waals surface area contributed by atoms with Crippen LogP contribution in [0.25, 0.3) is 5.52 Å². The fraction of sp³-hybridized carbons (Fsp3) is 0.200. The van der Waals surface area contributed by atoms with E-state index in [-0.39, 0.29) is 12.2 Å². The van der Waals surface area contributed by atoms with Crippen molar-refractivity contribution in [3.63, 3.8) is 0 Å². The second-order valence-electron chi connectivity index (χ2n) is 3.15. The second-order valence-corrected chi connectivity index (χ2v) is 3.59. The average Bonchev–Trinajstić information content (AvgIpc) is 2.60. The number of esters is 1. The molecule has 0 aromatic carbocycles. The van der Waals surface area contributed by atoms with Crippen molar-refractivity contribution in [1.29, 1.82) is 0 Å². The van der Waals surface area contributed by atoms with E-state index in [4.69, 9.17) is 16.3 Å². The minimum atomic E-state index is -0.636. The van der Waals surface area contributed by atoms with Gasteiger partial charge < -0.3 is 9.84 Å². The first-order chi connectivity index (χ1) is 7.63. The van der Waals surface area contributed by atoms with Crippen LogP contribution in [0, 0.1) is 0 Å². The summed E-state index contributed by atoms with van der Waals surface area (Å²) in [6.45, 7) is 1.91. The molecular formula is C10H9ClN2O3. The van der Waals surface area contributed by atoms with Gasteiger partial charge >= 0.3 is 5.97 Å². The molecule has 0 amide bonds. The Morgan fingerprint density at radius 1 is 1.62 bits per heavy atom. The van der Waals surface area contributed by atoms with Gasteiger partial charge in [-0.15, -0.1) is 0 Å². The maximum atomic E-state index is 11.9. The number of rotatable bonds is 2. The molecule has 0 unspecified atom stereocenters. The number of halogens is 1. The van der Waals surface area contributed by atoms with Gasteiger partial charge in [0.05, 0.1) is 11.6 Å². The molecule has 84 valence electrons. The number of H-pyrrole nitrogens is 1. The highest BCUT2D eigenvalue weighted by Crippen LogP contribution is 2.11. The minimum Gasteiger partial charge on any atom is -0.462 e. The third-order valence-electron chi connectivity index (χ3n) is 2.11. The Labute approximate surface area is 95.6 Å². The summed E-state index contributed by atoms with van der Waals surface area (Å²) in [5.74, 6) is -0.636. The monoisotopic (exact) mass is 240 g/mol. The third kappa shape index (κ3) is 1.69. The quantitative estimate of drug-likeness (QED) is 0.809. The number of hydrogen-bond acceptors (Lipinski definition) is 3. The van der Waals surface area contributed by atoms with Crippen molar-refractivity contribution >= 4 is 23.1 Å². The standard InChI is InChI=1S/C10H9ClN2O3/c1-2-16-10(15)7-4-12-13-5-6(11)3-8(13)9(7)14/h3-5,12H,2H2,1H3. The van der Waals surface area contributed by atoms with Crippen LogP contribution in [-0.4, -0.2) is 22.2 Å². The maximum absolute atomic E-state index is 11.9. The molecule has 0 saturated heterocycles. The lowest BCUT2D eigenvalue weighted by Gasteiger charge is -2.01. The van der Waals surface area contributed by atoms with E-state index < -0.39 is 11.4 Å². The summed E-state index contributed by atoms with van der Waals surface area (Å²) in [5, 5.41) is 3.18. The van der Waals surface area contributed by atoms with Crippen molar-refractivity contribution in [2.24, 2.45) is 0 Å². The smallest absolute Gasteiger partial charge is 0.343 e. The van der Waals surface area contributed by atoms with Crippen LogP contribution in [0.3, 0.4) is 0 Å². The first-order valence-electron chi connectivity index (χ1n) is 4.70. The molecule has 1 N–H and O–H groups in total. The molecule has 6 heteroatoms. The fourth-order valence-electron chi connectivity index (χ4n) is 1.41. The molecule has 0 fully saturated rings. The van der Waals surface area contributed by atoms with Crippen LogP contribution in [0.5, 0.6) is 0 Å². The van der Waals surface area contributed by atoms with Crippen molar-refractivity contribution in [1.82, 2.24) is 9.61 Å². The van der Waals surface area contributed by atoms with Crippen molar-refractivity contribution in [3.05, 3.63) is 39.3 Å². The van der Waals surface area contributed by atoms with Crippen molar-refractivity contribution < 1.29 is 9.53 Å². The predicted molar refractivity (Wildman–Crippen MR) is 59.0 cm³/mol. The van der Waals surface area contributed by atoms with E-state index in [1.807, 2.05) is 0 Å². The van der Waals surface area contributed by atoms with Crippen LogP contribution in [0.4, 0.5) is 0 Å². The maximum Gasteiger partial charge on any atom is 0.343 e. The topological polar surface area (TPSA) is 63.6 Å². The van der Waals surface area contributed by atoms with E-state index in [0.29, 0.717) is 10.5 Å².